The molecule has 2 aromatic rings. The van der Waals surface area contributed by atoms with Crippen molar-refractivity contribution in [2.45, 2.75) is 155 Å². The molecule has 0 spiro atoms. The third-order valence-electron chi connectivity index (χ3n) is 8.31. The van der Waals surface area contributed by atoms with E-state index in [4.69, 9.17) is 0 Å². The maximum absolute atomic E-state index is 3.64. The van der Waals surface area contributed by atoms with Gasteiger partial charge in [0.25, 0.3) is 0 Å². The Kier molecular flexibility index (Phi) is 21.7. The van der Waals surface area contributed by atoms with E-state index >= 15 is 0 Å². The first-order valence-electron chi connectivity index (χ1n) is 17.4. The molecule has 40 heavy (non-hydrogen) atoms. The van der Waals surface area contributed by atoms with Gasteiger partial charge in [0.1, 0.15) is 0 Å². The molecule has 226 valence electrons. The second kappa shape index (κ2) is 25.1. The quantitative estimate of drug-likeness (QED) is 0.108. The van der Waals surface area contributed by atoms with Gasteiger partial charge in [-0.15, -0.1) is 0 Å². The number of hydrogen-bond acceptors (Lipinski definition) is 2. The van der Waals surface area contributed by atoms with Gasteiger partial charge in [-0.1, -0.05) is 178 Å². The van der Waals surface area contributed by atoms with Crippen LogP contribution in [0.25, 0.3) is 11.1 Å². The lowest BCUT2D eigenvalue weighted by Gasteiger charge is -2.08. The van der Waals surface area contributed by atoms with Crippen LogP contribution in [0, 0.1) is 0 Å². The minimum atomic E-state index is 0.974. The molecule has 2 rings (SSSR count). The Morgan fingerprint density at radius 2 is 0.625 bits per heavy atom. The summed E-state index contributed by atoms with van der Waals surface area (Å²) >= 11 is 0. The van der Waals surface area contributed by atoms with E-state index in [2.05, 4.69) is 73.0 Å². The fraction of sp³-hybridized carbons (Fsp3) is 0.684. The highest BCUT2D eigenvalue weighted by Gasteiger charge is 2.01. The molecule has 0 bridgehead atoms. The second-order valence-corrected chi connectivity index (χ2v) is 12.1. The molecule has 0 fully saturated rings. The molecule has 0 unspecified atom stereocenters. The van der Waals surface area contributed by atoms with Gasteiger partial charge in [-0.2, -0.15) is 0 Å². The molecule has 0 aliphatic heterocycles. The van der Waals surface area contributed by atoms with Crippen LogP contribution in [-0.4, -0.2) is 13.1 Å². The monoisotopic (exact) mass is 549 g/mol. The second-order valence-electron chi connectivity index (χ2n) is 12.1. The van der Waals surface area contributed by atoms with E-state index in [0.717, 1.165) is 26.2 Å². The first kappa shape index (κ1) is 34.6. The third kappa shape index (κ3) is 17.9. The van der Waals surface area contributed by atoms with Crippen molar-refractivity contribution in [1.29, 1.82) is 0 Å². The zero-order valence-electron chi connectivity index (χ0n) is 26.6. The van der Waals surface area contributed by atoms with Gasteiger partial charge < -0.3 is 10.6 Å². The minimum Gasteiger partial charge on any atom is -0.313 e. The molecule has 2 heteroatoms. The van der Waals surface area contributed by atoms with Crippen LogP contribution in [-0.2, 0) is 13.1 Å². The predicted octanol–water partition coefficient (Wildman–Crippen LogP) is 11.4. The van der Waals surface area contributed by atoms with Gasteiger partial charge >= 0.3 is 0 Å². The van der Waals surface area contributed by atoms with E-state index in [0.29, 0.717) is 0 Å². The molecule has 0 amide bonds. The van der Waals surface area contributed by atoms with E-state index in [-0.39, 0.29) is 0 Å². The Morgan fingerprint density at radius 1 is 0.350 bits per heavy atom. The molecule has 0 radical (unpaired) electrons. The summed E-state index contributed by atoms with van der Waals surface area (Å²) in [5, 5.41) is 7.27. The Hall–Kier alpha value is -1.64. The Morgan fingerprint density at radius 3 is 0.925 bits per heavy atom. The highest BCUT2D eigenvalue weighted by atomic mass is 14.8. The largest absolute Gasteiger partial charge is 0.313 e. The van der Waals surface area contributed by atoms with E-state index in [9.17, 15) is 0 Å². The van der Waals surface area contributed by atoms with E-state index < -0.39 is 0 Å². The van der Waals surface area contributed by atoms with Crippen molar-refractivity contribution in [3.05, 3.63) is 59.7 Å². The van der Waals surface area contributed by atoms with E-state index in [1.165, 1.54) is 151 Å². The number of rotatable bonds is 27. The fourth-order valence-corrected chi connectivity index (χ4v) is 5.57. The van der Waals surface area contributed by atoms with Crippen LogP contribution in [0.5, 0.6) is 0 Å². The van der Waals surface area contributed by atoms with Crippen LogP contribution >= 0.6 is 0 Å². The van der Waals surface area contributed by atoms with Gasteiger partial charge in [-0.05, 0) is 48.2 Å². The molecular weight excluding hydrogens is 484 g/mol. The van der Waals surface area contributed by atoms with Gasteiger partial charge in [-0.3, -0.25) is 0 Å². The normalized spacial score (nSPS) is 11.3. The number of benzene rings is 2. The highest BCUT2D eigenvalue weighted by molar-refractivity contribution is 5.63. The van der Waals surface area contributed by atoms with Gasteiger partial charge in [0.05, 0.1) is 0 Å². The van der Waals surface area contributed by atoms with E-state index in [1.54, 1.807) is 0 Å². The summed E-state index contributed by atoms with van der Waals surface area (Å²) in [4.78, 5) is 0. The summed E-state index contributed by atoms with van der Waals surface area (Å²) in [5.74, 6) is 0. The Balaban J connectivity index is 1.47. The number of unbranched alkanes of at least 4 members (excludes halogenated alkanes) is 18. The third-order valence-corrected chi connectivity index (χ3v) is 8.31. The summed E-state index contributed by atoms with van der Waals surface area (Å²) in [6, 6.07) is 18.2. The van der Waals surface area contributed by atoms with Crippen LogP contribution < -0.4 is 10.6 Å². The molecule has 0 aliphatic rings. The van der Waals surface area contributed by atoms with Crippen LogP contribution in [0.2, 0.25) is 0 Å². The zero-order valence-corrected chi connectivity index (χ0v) is 26.6. The molecule has 2 nitrogen and oxygen atoms in total. The number of nitrogens with one attached hydrogen (secondary N) is 2. The summed E-state index contributed by atoms with van der Waals surface area (Å²) in [7, 11) is 0. The Labute approximate surface area is 249 Å². The van der Waals surface area contributed by atoms with Crippen molar-refractivity contribution in [2.24, 2.45) is 0 Å². The SMILES string of the molecule is CCCCCCCCCCCCNCc1ccc(-c2ccc(CNCCCCCCCCCCCC)cc2)cc1. The van der Waals surface area contributed by atoms with Crippen molar-refractivity contribution in [3.8, 4) is 11.1 Å². The molecule has 0 aromatic heterocycles. The smallest absolute Gasteiger partial charge is 0.0205 e. The van der Waals surface area contributed by atoms with Gasteiger partial charge in [0, 0.05) is 13.1 Å². The molecule has 0 saturated heterocycles. The average Bonchev–Trinajstić information content (AvgIpc) is 2.99. The minimum absolute atomic E-state index is 0.974. The lowest BCUT2D eigenvalue weighted by Crippen LogP contribution is -2.14. The fourth-order valence-electron chi connectivity index (χ4n) is 5.57. The average molecular weight is 549 g/mol. The molecule has 0 saturated carbocycles. The molecule has 0 heterocycles. The van der Waals surface area contributed by atoms with Crippen molar-refractivity contribution < 1.29 is 0 Å². The van der Waals surface area contributed by atoms with Gasteiger partial charge in [0.15, 0.2) is 0 Å². The molecule has 0 atom stereocenters. The summed E-state index contributed by atoms with van der Waals surface area (Å²) in [6.45, 7) is 8.80. The topological polar surface area (TPSA) is 24.1 Å². The predicted molar refractivity (Wildman–Crippen MR) is 179 cm³/mol. The van der Waals surface area contributed by atoms with Crippen LogP contribution in [0.3, 0.4) is 0 Å². The van der Waals surface area contributed by atoms with Crippen molar-refractivity contribution >= 4 is 0 Å². The van der Waals surface area contributed by atoms with Crippen molar-refractivity contribution in [1.82, 2.24) is 10.6 Å². The molecular formula is C38H64N2. The summed E-state index contributed by atoms with van der Waals surface area (Å²) in [5.41, 5.74) is 5.37. The first-order valence-corrected chi connectivity index (χ1v) is 17.4. The summed E-state index contributed by atoms with van der Waals surface area (Å²) < 4.78 is 0. The maximum atomic E-state index is 3.64. The van der Waals surface area contributed by atoms with Crippen molar-refractivity contribution in [2.75, 3.05) is 13.1 Å². The lowest BCUT2D eigenvalue weighted by atomic mass is 10.0. The van der Waals surface area contributed by atoms with Crippen LogP contribution in [0.4, 0.5) is 0 Å². The summed E-state index contributed by atoms with van der Waals surface area (Å²) in [6.07, 6.45) is 28.0. The maximum Gasteiger partial charge on any atom is 0.0205 e. The highest BCUT2D eigenvalue weighted by Crippen LogP contribution is 2.21. The molecule has 2 N–H and O–H groups in total. The van der Waals surface area contributed by atoms with Gasteiger partial charge in [-0.25, -0.2) is 0 Å². The first-order chi connectivity index (χ1) is 19.8. The van der Waals surface area contributed by atoms with Crippen molar-refractivity contribution in [3.63, 3.8) is 0 Å². The molecule has 2 aromatic carbocycles. The van der Waals surface area contributed by atoms with E-state index in [1.807, 2.05) is 0 Å². The standard InChI is InChI=1S/C38H64N2/c1-3-5-7-9-11-13-15-17-19-21-31-39-33-35-23-27-37(28-24-35)38-29-25-36(26-30-38)34-40-32-22-20-18-16-14-12-10-8-6-4-2/h23-30,39-40H,3-22,31-34H2,1-2H3. The molecule has 0 aliphatic carbocycles. The zero-order chi connectivity index (χ0) is 28.4. The lowest BCUT2D eigenvalue weighted by molar-refractivity contribution is 0.543. The van der Waals surface area contributed by atoms with Gasteiger partial charge in [0.2, 0.25) is 0 Å². The van der Waals surface area contributed by atoms with Crippen LogP contribution in [0.1, 0.15) is 153 Å². The Bertz CT molecular complexity index is 726. The number of hydrogen-bond donors (Lipinski definition) is 2. The van der Waals surface area contributed by atoms with Crippen LogP contribution in [0.15, 0.2) is 48.5 Å².